The summed E-state index contributed by atoms with van der Waals surface area (Å²) >= 11 is 5.88. The topological polar surface area (TPSA) is 56.1 Å². The molecule has 0 fully saturated rings. The summed E-state index contributed by atoms with van der Waals surface area (Å²) in [6.45, 7) is 2.10. The van der Waals surface area contributed by atoms with Crippen molar-refractivity contribution >= 4 is 17.5 Å². The number of aromatic nitrogens is 2. The van der Waals surface area contributed by atoms with Crippen molar-refractivity contribution < 1.29 is 9.53 Å². The Morgan fingerprint density at radius 1 is 1.43 bits per heavy atom. The number of carbonyl (C=O) groups is 1. The maximum atomic E-state index is 12.0. The van der Waals surface area contributed by atoms with E-state index in [4.69, 9.17) is 16.3 Å². The number of carbonyl (C=O) groups excluding carboxylic acids is 1. The quantitative estimate of drug-likeness (QED) is 0.891. The Labute approximate surface area is 128 Å². The number of hydrogen-bond acceptors (Lipinski definition) is 3. The molecule has 1 amide bonds. The average Bonchev–Trinajstić information content (AvgIpc) is 2.94. The molecule has 0 saturated heterocycles. The third kappa shape index (κ3) is 4.31. The third-order valence-electron chi connectivity index (χ3n) is 3.16. The smallest absolute Gasteiger partial charge is 0.242 e. The van der Waals surface area contributed by atoms with Crippen molar-refractivity contribution in [3.8, 4) is 0 Å². The van der Waals surface area contributed by atoms with E-state index in [1.165, 1.54) is 0 Å². The van der Waals surface area contributed by atoms with Crippen LogP contribution in [0.25, 0.3) is 0 Å². The Morgan fingerprint density at radius 3 is 2.71 bits per heavy atom. The summed E-state index contributed by atoms with van der Waals surface area (Å²) in [6.07, 6.45) is 3.16. The van der Waals surface area contributed by atoms with E-state index in [2.05, 4.69) is 10.4 Å². The molecule has 0 aliphatic rings. The predicted octanol–water partition coefficient (Wildman–Crippen LogP) is 2.43. The summed E-state index contributed by atoms with van der Waals surface area (Å²) in [7, 11) is 1.62. The monoisotopic (exact) mass is 307 g/mol. The van der Waals surface area contributed by atoms with Crippen molar-refractivity contribution in [2.75, 3.05) is 7.11 Å². The standard InChI is InChI=1S/C15H18ClN3O2/c1-11(18-14(20)10-19-9-3-8-17-19)15(21-2)12-4-6-13(16)7-5-12/h3-9,11,15H,10H2,1-2H3,(H,18,20). The number of methoxy groups -OCH3 is 1. The van der Waals surface area contributed by atoms with E-state index in [-0.39, 0.29) is 24.6 Å². The van der Waals surface area contributed by atoms with Gasteiger partial charge in [0.2, 0.25) is 5.91 Å². The molecule has 1 aromatic heterocycles. The van der Waals surface area contributed by atoms with Crippen LogP contribution in [-0.4, -0.2) is 28.8 Å². The zero-order chi connectivity index (χ0) is 15.2. The van der Waals surface area contributed by atoms with Crippen LogP contribution in [0.5, 0.6) is 0 Å². The fourth-order valence-electron chi connectivity index (χ4n) is 2.20. The van der Waals surface area contributed by atoms with Crippen LogP contribution in [0.3, 0.4) is 0 Å². The average molecular weight is 308 g/mol. The van der Waals surface area contributed by atoms with Gasteiger partial charge in [-0.3, -0.25) is 9.48 Å². The lowest BCUT2D eigenvalue weighted by atomic mass is 10.0. The molecule has 2 aromatic rings. The van der Waals surface area contributed by atoms with Gasteiger partial charge >= 0.3 is 0 Å². The van der Waals surface area contributed by atoms with Gasteiger partial charge < -0.3 is 10.1 Å². The van der Waals surface area contributed by atoms with E-state index in [0.717, 1.165) is 5.56 Å². The van der Waals surface area contributed by atoms with E-state index in [0.29, 0.717) is 5.02 Å². The van der Waals surface area contributed by atoms with E-state index in [9.17, 15) is 4.79 Å². The first kappa shape index (κ1) is 15.5. The number of hydrogen-bond donors (Lipinski definition) is 1. The van der Waals surface area contributed by atoms with Gasteiger partial charge in [0.1, 0.15) is 12.6 Å². The summed E-state index contributed by atoms with van der Waals surface area (Å²) in [4.78, 5) is 12.0. The lowest BCUT2D eigenvalue weighted by molar-refractivity contribution is -0.123. The molecular formula is C15H18ClN3O2. The molecule has 1 N–H and O–H groups in total. The summed E-state index contributed by atoms with van der Waals surface area (Å²) in [6, 6.07) is 9.02. The molecule has 112 valence electrons. The maximum Gasteiger partial charge on any atom is 0.242 e. The van der Waals surface area contributed by atoms with Crippen LogP contribution in [0.1, 0.15) is 18.6 Å². The zero-order valence-electron chi connectivity index (χ0n) is 12.0. The molecule has 0 spiro atoms. The summed E-state index contributed by atoms with van der Waals surface area (Å²) in [5.74, 6) is -0.109. The molecule has 1 aromatic carbocycles. The van der Waals surface area contributed by atoms with E-state index >= 15 is 0 Å². The Hall–Kier alpha value is -1.85. The number of amides is 1. The SMILES string of the molecule is COC(c1ccc(Cl)cc1)C(C)NC(=O)Cn1cccn1. The second-order valence-corrected chi connectivity index (χ2v) is 5.20. The van der Waals surface area contributed by atoms with Gasteiger partial charge in [-0.1, -0.05) is 23.7 Å². The van der Waals surface area contributed by atoms with E-state index in [1.54, 1.807) is 42.4 Å². The highest BCUT2D eigenvalue weighted by Gasteiger charge is 2.20. The van der Waals surface area contributed by atoms with Gasteiger partial charge in [0.05, 0.1) is 6.04 Å². The summed E-state index contributed by atoms with van der Waals surface area (Å²) in [5.41, 5.74) is 0.966. The van der Waals surface area contributed by atoms with Gasteiger partial charge in [0.25, 0.3) is 0 Å². The van der Waals surface area contributed by atoms with Gasteiger partial charge in [-0.25, -0.2) is 0 Å². The van der Waals surface area contributed by atoms with Crippen molar-refractivity contribution in [1.82, 2.24) is 15.1 Å². The van der Waals surface area contributed by atoms with Gasteiger partial charge in [-0.15, -0.1) is 0 Å². The molecule has 2 unspecified atom stereocenters. The van der Waals surface area contributed by atoms with Crippen LogP contribution in [0, 0.1) is 0 Å². The number of nitrogens with zero attached hydrogens (tertiary/aromatic N) is 2. The minimum atomic E-state index is -0.233. The fraction of sp³-hybridized carbons (Fsp3) is 0.333. The minimum Gasteiger partial charge on any atom is -0.375 e. The van der Waals surface area contributed by atoms with Gasteiger partial charge in [0, 0.05) is 24.5 Å². The normalized spacial score (nSPS) is 13.7. The number of rotatable bonds is 6. The van der Waals surface area contributed by atoms with E-state index < -0.39 is 0 Å². The first-order valence-electron chi connectivity index (χ1n) is 6.65. The largest absolute Gasteiger partial charge is 0.375 e. The zero-order valence-corrected chi connectivity index (χ0v) is 12.7. The van der Waals surface area contributed by atoms with Crippen LogP contribution < -0.4 is 5.32 Å². The number of halogens is 1. The molecule has 1 heterocycles. The Bertz CT molecular complexity index is 569. The second kappa shape index (κ2) is 7.24. The highest BCUT2D eigenvalue weighted by atomic mass is 35.5. The summed E-state index contributed by atoms with van der Waals surface area (Å²) < 4.78 is 7.07. The summed E-state index contributed by atoms with van der Waals surface area (Å²) in [5, 5.41) is 7.60. The van der Waals surface area contributed by atoms with Crippen molar-refractivity contribution in [3.05, 3.63) is 53.3 Å². The van der Waals surface area contributed by atoms with Crippen LogP contribution >= 0.6 is 11.6 Å². The number of benzene rings is 1. The van der Waals surface area contributed by atoms with Gasteiger partial charge in [-0.05, 0) is 30.7 Å². The molecule has 5 nitrogen and oxygen atoms in total. The molecular weight excluding hydrogens is 290 g/mol. The molecule has 2 rings (SSSR count). The molecule has 0 saturated carbocycles. The van der Waals surface area contributed by atoms with Crippen LogP contribution in [0.2, 0.25) is 5.02 Å². The maximum absolute atomic E-state index is 12.0. The molecule has 2 atom stereocenters. The van der Waals surface area contributed by atoms with Gasteiger partial charge in [0.15, 0.2) is 0 Å². The Kier molecular flexibility index (Phi) is 5.36. The van der Waals surface area contributed by atoms with Crippen molar-refractivity contribution in [3.63, 3.8) is 0 Å². The molecule has 0 bridgehead atoms. The first-order valence-corrected chi connectivity index (χ1v) is 7.03. The number of nitrogens with one attached hydrogen (secondary N) is 1. The molecule has 0 radical (unpaired) electrons. The Balaban J connectivity index is 1.98. The fourth-order valence-corrected chi connectivity index (χ4v) is 2.32. The minimum absolute atomic E-state index is 0.109. The van der Waals surface area contributed by atoms with Gasteiger partial charge in [-0.2, -0.15) is 5.10 Å². The lowest BCUT2D eigenvalue weighted by Gasteiger charge is -2.24. The number of ether oxygens (including phenoxy) is 1. The van der Waals surface area contributed by atoms with Crippen molar-refractivity contribution in [1.29, 1.82) is 0 Å². The highest BCUT2D eigenvalue weighted by Crippen LogP contribution is 2.22. The lowest BCUT2D eigenvalue weighted by Crippen LogP contribution is -2.39. The first-order chi connectivity index (χ1) is 10.1. The van der Waals surface area contributed by atoms with Crippen LogP contribution in [0.4, 0.5) is 0 Å². The third-order valence-corrected chi connectivity index (χ3v) is 3.41. The molecule has 0 aliphatic heterocycles. The molecule has 21 heavy (non-hydrogen) atoms. The predicted molar refractivity (Wildman–Crippen MR) is 81.0 cm³/mol. The highest BCUT2D eigenvalue weighted by molar-refractivity contribution is 6.30. The Morgan fingerprint density at radius 2 is 2.14 bits per heavy atom. The second-order valence-electron chi connectivity index (χ2n) is 4.77. The van der Waals surface area contributed by atoms with E-state index in [1.807, 2.05) is 19.1 Å². The molecule has 0 aliphatic carbocycles. The van der Waals surface area contributed by atoms with Crippen molar-refractivity contribution in [2.45, 2.75) is 25.6 Å². The van der Waals surface area contributed by atoms with Crippen LogP contribution in [-0.2, 0) is 16.1 Å². The van der Waals surface area contributed by atoms with Crippen LogP contribution in [0.15, 0.2) is 42.7 Å². The molecule has 6 heteroatoms. The van der Waals surface area contributed by atoms with Crippen molar-refractivity contribution in [2.24, 2.45) is 0 Å².